The van der Waals surface area contributed by atoms with E-state index in [1.807, 2.05) is 0 Å². The summed E-state index contributed by atoms with van der Waals surface area (Å²) in [6.07, 6.45) is 0. The molecule has 1 nitrogen and oxygen atoms in total. The van der Waals surface area contributed by atoms with Crippen LogP contribution in [0, 0.1) is 29.1 Å². The van der Waals surface area contributed by atoms with Crippen molar-refractivity contribution in [3.05, 3.63) is 65.0 Å². The first kappa shape index (κ1) is 14.3. The van der Waals surface area contributed by atoms with E-state index in [1.165, 1.54) is 6.92 Å². The summed E-state index contributed by atoms with van der Waals surface area (Å²) in [7, 11) is 0. The Labute approximate surface area is 112 Å². The summed E-state index contributed by atoms with van der Waals surface area (Å²) in [5, 5.41) is 2.47. The maximum Gasteiger partial charge on any atom is 0.196 e. The lowest BCUT2D eigenvalue weighted by Gasteiger charge is -2.17. The van der Waals surface area contributed by atoms with E-state index in [1.54, 1.807) is 0 Å². The van der Waals surface area contributed by atoms with Crippen molar-refractivity contribution in [1.29, 1.82) is 0 Å². The molecule has 106 valence electrons. The first-order valence-corrected chi connectivity index (χ1v) is 5.75. The summed E-state index contributed by atoms with van der Waals surface area (Å²) in [6.45, 7) is 1.44. The van der Waals surface area contributed by atoms with Gasteiger partial charge in [-0.1, -0.05) is 0 Å². The van der Waals surface area contributed by atoms with Crippen LogP contribution in [0.2, 0.25) is 0 Å². The number of nitrogens with one attached hydrogen (secondary N) is 1. The summed E-state index contributed by atoms with van der Waals surface area (Å²) in [5.74, 6) is -5.69. The Morgan fingerprint density at radius 2 is 1.50 bits per heavy atom. The molecule has 6 heteroatoms. The number of rotatable bonds is 3. The molecule has 1 N–H and O–H groups in total. The average Bonchev–Trinajstić information content (AvgIpc) is 2.42. The van der Waals surface area contributed by atoms with Gasteiger partial charge in [0.1, 0.15) is 11.6 Å². The third-order valence-corrected chi connectivity index (χ3v) is 2.83. The van der Waals surface area contributed by atoms with Crippen LogP contribution in [0.15, 0.2) is 30.3 Å². The molecule has 0 spiro atoms. The molecule has 0 aliphatic carbocycles. The second kappa shape index (κ2) is 5.48. The normalized spacial score (nSPS) is 12.3. The van der Waals surface area contributed by atoms with Gasteiger partial charge >= 0.3 is 0 Å². The molecule has 2 rings (SSSR count). The molecule has 0 heterocycles. The third kappa shape index (κ3) is 2.74. The van der Waals surface area contributed by atoms with Gasteiger partial charge < -0.3 is 5.32 Å². The predicted molar refractivity (Wildman–Crippen MR) is 64.7 cm³/mol. The predicted octanol–water partition coefficient (Wildman–Crippen LogP) is 4.56. The van der Waals surface area contributed by atoms with Crippen LogP contribution >= 0.6 is 0 Å². The van der Waals surface area contributed by atoms with Gasteiger partial charge in [-0.15, -0.1) is 0 Å². The van der Waals surface area contributed by atoms with Crippen LogP contribution in [0.1, 0.15) is 18.5 Å². The van der Waals surface area contributed by atoms with Crippen LogP contribution in [-0.2, 0) is 0 Å². The van der Waals surface area contributed by atoms with Crippen LogP contribution in [-0.4, -0.2) is 0 Å². The Bertz CT molecular complexity index is 642. The number of anilines is 1. The fourth-order valence-corrected chi connectivity index (χ4v) is 1.79. The van der Waals surface area contributed by atoms with Gasteiger partial charge in [0.15, 0.2) is 17.5 Å². The Morgan fingerprint density at radius 3 is 2.20 bits per heavy atom. The van der Waals surface area contributed by atoms with Gasteiger partial charge in [-0.3, -0.25) is 0 Å². The van der Waals surface area contributed by atoms with Gasteiger partial charge in [0.2, 0.25) is 0 Å². The number of hydrogen-bond donors (Lipinski definition) is 1. The lowest BCUT2D eigenvalue weighted by Crippen LogP contribution is -2.11. The minimum atomic E-state index is -1.62. The van der Waals surface area contributed by atoms with E-state index in [0.717, 1.165) is 30.3 Å². The van der Waals surface area contributed by atoms with Crippen molar-refractivity contribution in [2.24, 2.45) is 0 Å². The Morgan fingerprint density at radius 1 is 0.850 bits per heavy atom. The van der Waals surface area contributed by atoms with Gasteiger partial charge in [-0.2, -0.15) is 0 Å². The monoisotopic (exact) mass is 287 g/mol. The van der Waals surface area contributed by atoms with Crippen LogP contribution in [0.25, 0.3) is 0 Å². The zero-order valence-corrected chi connectivity index (χ0v) is 10.4. The van der Waals surface area contributed by atoms with E-state index in [4.69, 9.17) is 0 Å². The smallest absolute Gasteiger partial charge is 0.196 e. The second-order valence-corrected chi connectivity index (χ2v) is 4.25. The first-order valence-electron chi connectivity index (χ1n) is 5.75. The molecule has 2 aromatic carbocycles. The van der Waals surface area contributed by atoms with Gasteiger partial charge in [0, 0.05) is 5.56 Å². The van der Waals surface area contributed by atoms with Crippen LogP contribution in [0.3, 0.4) is 0 Å². The van der Waals surface area contributed by atoms with E-state index in [0.29, 0.717) is 0 Å². The second-order valence-electron chi connectivity index (χ2n) is 4.25. The fourth-order valence-electron chi connectivity index (χ4n) is 1.79. The highest BCUT2D eigenvalue weighted by Crippen LogP contribution is 2.26. The zero-order valence-electron chi connectivity index (χ0n) is 10.4. The van der Waals surface area contributed by atoms with Crippen molar-refractivity contribution >= 4 is 5.69 Å². The lowest BCUT2D eigenvalue weighted by atomic mass is 10.1. The van der Waals surface area contributed by atoms with Crippen molar-refractivity contribution in [3.8, 4) is 0 Å². The molecule has 0 amide bonds. The molecule has 1 atom stereocenters. The van der Waals surface area contributed by atoms with Crippen molar-refractivity contribution in [2.75, 3.05) is 5.32 Å². The van der Waals surface area contributed by atoms with Crippen molar-refractivity contribution in [1.82, 2.24) is 0 Å². The SMILES string of the molecule is CC(Nc1ccc(F)c(F)c1F)c1cc(F)ccc1F. The number of hydrogen-bond acceptors (Lipinski definition) is 1. The van der Waals surface area contributed by atoms with Gasteiger partial charge in [0.05, 0.1) is 11.7 Å². The minimum absolute atomic E-state index is 0.0471. The first-order chi connectivity index (χ1) is 9.40. The van der Waals surface area contributed by atoms with Crippen LogP contribution in [0.5, 0.6) is 0 Å². The molecule has 0 aliphatic heterocycles. The number of benzene rings is 2. The maximum atomic E-state index is 13.5. The molecule has 0 radical (unpaired) electrons. The van der Waals surface area contributed by atoms with E-state index in [-0.39, 0.29) is 11.3 Å². The van der Waals surface area contributed by atoms with E-state index in [2.05, 4.69) is 5.32 Å². The van der Waals surface area contributed by atoms with Gasteiger partial charge in [-0.25, -0.2) is 22.0 Å². The summed E-state index contributed by atoms with van der Waals surface area (Å²) in [4.78, 5) is 0. The third-order valence-electron chi connectivity index (χ3n) is 2.83. The molecule has 2 aromatic rings. The fraction of sp³-hybridized carbons (Fsp3) is 0.143. The quantitative estimate of drug-likeness (QED) is 0.645. The molecule has 0 saturated heterocycles. The molecule has 0 aromatic heterocycles. The van der Waals surface area contributed by atoms with E-state index < -0.39 is 35.1 Å². The summed E-state index contributed by atoms with van der Waals surface area (Å²) >= 11 is 0. The standard InChI is InChI=1S/C14H10F5N/c1-7(9-6-8(15)2-3-10(9)16)20-12-5-4-11(17)13(18)14(12)19/h2-7,20H,1H3. The highest BCUT2D eigenvalue weighted by molar-refractivity contribution is 5.47. The Hall–Kier alpha value is -2.11. The Balaban J connectivity index is 2.30. The zero-order chi connectivity index (χ0) is 14.9. The van der Waals surface area contributed by atoms with E-state index >= 15 is 0 Å². The summed E-state index contributed by atoms with van der Waals surface area (Å²) < 4.78 is 65.9. The van der Waals surface area contributed by atoms with Crippen molar-refractivity contribution in [3.63, 3.8) is 0 Å². The van der Waals surface area contributed by atoms with Crippen LogP contribution < -0.4 is 5.32 Å². The van der Waals surface area contributed by atoms with Crippen molar-refractivity contribution in [2.45, 2.75) is 13.0 Å². The molecular formula is C14H10F5N. The van der Waals surface area contributed by atoms with E-state index in [9.17, 15) is 22.0 Å². The van der Waals surface area contributed by atoms with Crippen molar-refractivity contribution < 1.29 is 22.0 Å². The van der Waals surface area contributed by atoms with Crippen LogP contribution in [0.4, 0.5) is 27.6 Å². The van der Waals surface area contributed by atoms with Gasteiger partial charge in [0.25, 0.3) is 0 Å². The number of halogens is 5. The largest absolute Gasteiger partial charge is 0.376 e. The molecule has 0 saturated carbocycles. The molecule has 1 unspecified atom stereocenters. The minimum Gasteiger partial charge on any atom is -0.376 e. The highest BCUT2D eigenvalue weighted by Gasteiger charge is 2.17. The summed E-state index contributed by atoms with van der Waals surface area (Å²) in [5.41, 5.74) is -0.380. The molecule has 0 fully saturated rings. The lowest BCUT2D eigenvalue weighted by molar-refractivity contribution is 0.448. The average molecular weight is 287 g/mol. The maximum absolute atomic E-state index is 13.5. The van der Waals surface area contributed by atoms with Gasteiger partial charge in [-0.05, 0) is 37.3 Å². The molecule has 0 aliphatic rings. The molecule has 0 bridgehead atoms. The summed E-state index contributed by atoms with van der Waals surface area (Å²) in [6, 6.07) is 3.74. The molecule has 20 heavy (non-hydrogen) atoms. The topological polar surface area (TPSA) is 12.0 Å². The Kier molecular flexibility index (Phi) is 3.92. The molecular weight excluding hydrogens is 277 g/mol. The highest BCUT2D eigenvalue weighted by atomic mass is 19.2.